The molecule has 0 aliphatic heterocycles. The maximum absolute atomic E-state index is 9.16. The van der Waals surface area contributed by atoms with Crippen LogP contribution in [0, 0.1) is 0 Å². The Bertz CT molecular complexity index is 467. The average molecular weight is 227 g/mol. The van der Waals surface area contributed by atoms with Gasteiger partial charge in [-0.1, -0.05) is 54.6 Å². The zero-order chi connectivity index (χ0) is 12.1. The normalized spacial score (nSPS) is 12.4. The van der Waals surface area contributed by atoms with Crippen LogP contribution in [-0.4, -0.2) is 11.7 Å². The highest BCUT2D eigenvalue weighted by Crippen LogP contribution is 2.24. The average Bonchev–Trinajstić information content (AvgIpc) is 2.41. The number of rotatable bonds is 4. The van der Waals surface area contributed by atoms with Gasteiger partial charge in [-0.3, -0.25) is 0 Å². The van der Waals surface area contributed by atoms with Crippen molar-refractivity contribution in [3.05, 3.63) is 71.3 Å². The van der Waals surface area contributed by atoms with Gasteiger partial charge >= 0.3 is 0 Å². The molecule has 0 amide bonds. The summed E-state index contributed by atoms with van der Waals surface area (Å²) in [5.41, 5.74) is 9.16. The third kappa shape index (κ3) is 2.73. The predicted octanol–water partition coefficient (Wildman–Crippen LogP) is 2.27. The Morgan fingerprint density at radius 2 is 1.65 bits per heavy atom. The predicted molar refractivity (Wildman–Crippen MR) is 69.7 cm³/mol. The molecule has 0 spiro atoms. The van der Waals surface area contributed by atoms with E-state index in [-0.39, 0.29) is 12.5 Å². The van der Waals surface area contributed by atoms with E-state index >= 15 is 0 Å². The number of hydrogen-bond acceptors (Lipinski definition) is 2. The zero-order valence-corrected chi connectivity index (χ0v) is 9.71. The highest BCUT2D eigenvalue weighted by Gasteiger charge is 2.11. The summed E-state index contributed by atoms with van der Waals surface area (Å²) in [4.78, 5) is 0. The Balaban J connectivity index is 2.35. The summed E-state index contributed by atoms with van der Waals surface area (Å²) >= 11 is 0. The fourth-order valence-corrected chi connectivity index (χ4v) is 2.06. The molecule has 2 rings (SSSR count). The standard InChI is InChI=1S/C15H17NO/c16-10-15(13-6-2-1-3-7-13)14-8-4-5-12(9-14)11-17/h1-9,15,17H,10-11,16H2. The lowest BCUT2D eigenvalue weighted by Gasteiger charge is -2.16. The largest absolute Gasteiger partial charge is 0.392 e. The minimum Gasteiger partial charge on any atom is -0.392 e. The van der Waals surface area contributed by atoms with E-state index in [0.29, 0.717) is 6.54 Å². The molecule has 88 valence electrons. The monoisotopic (exact) mass is 227 g/mol. The Hall–Kier alpha value is -1.64. The molecule has 0 aliphatic rings. The third-order valence-corrected chi connectivity index (χ3v) is 2.97. The molecule has 0 radical (unpaired) electrons. The van der Waals surface area contributed by atoms with Crippen molar-refractivity contribution in [2.75, 3.05) is 6.54 Å². The molecule has 0 fully saturated rings. The lowest BCUT2D eigenvalue weighted by atomic mass is 9.90. The van der Waals surface area contributed by atoms with Crippen LogP contribution in [0.2, 0.25) is 0 Å². The van der Waals surface area contributed by atoms with Crippen LogP contribution in [0.4, 0.5) is 0 Å². The summed E-state index contributed by atoms with van der Waals surface area (Å²) in [6, 6.07) is 18.2. The van der Waals surface area contributed by atoms with Gasteiger partial charge in [0.15, 0.2) is 0 Å². The van der Waals surface area contributed by atoms with E-state index in [2.05, 4.69) is 18.2 Å². The second-order valence-electron chi connectivity index (χ2n) is 4.10. The van der Waals surface area contributed by atoms with Crippen molar-refractivity contribution in [3.63, 3.8) is 0 Å². The third-order valence-electron chi connectivity index (χ3n) is 2.97. The molecule has 1 atom stereocenters. The molecule has 2 nitrogen and oxygen atoms in total. The SMILES string of the molecule is NCC(c1ccccc1)c1cccc(CO)c1. The van der Waals surface area contributed by atoms with E-state index in [1.165, 1.54) is 5.56 Å². The Kier molecular flexibility index (Phi) is 3.91. The van der Waals surface area contributed by atoms with Crippen molar-refractivity contribution in [3.8, 4) is 0 Å². The van der Waals surface area contributed by atoms with Crippen LogP contribution in [0.15, 0.2) is 54.6 Å². The van der Waals surface area contributed by atoms with Gasteiger partial charge < -0.3 is 10.8 Å². The van der Waals surface area contributed by atoms with Crippen LogP contribution in [0.1, 0.15) is 22.6 Å². The fraction of sp³-hybridized carbons (Fsp3) is 0.200. The van der Waals surface area contributed by atoms with E-state index in [0.717, 1.165) is 11.1 Å². The zero-order valence-electron chi connectivity index (χ0n) is 9.71. The number of aliphatic hydroxyl groups excluding tert-OH is 1. The number of aliphatic hydroxyl groups is 1. The number of benzene rings is 2. The van der Waals surface area contributed by atoms with E-state index in [1.54, 1.807) is 0 Å². The molecule has 17 heavy (non-hydrogen) atoms. The van der Waals surface area contributed by atoms with Gasteiger partial charge in [0.2, 0.25) is 0 Å². The van der Waals surface area contributed by atoms with E-state index in [9.17, 15) is 0 Å². The van der Waals surface area contributed by atoms with Gasteiger partial charge in [0.1, 0.15) is 0 Å². The van der Waals surface area contributed by atoms with Gasteiger partial charge in [-0.05, 0) is 16.7 Å². The fourth-order valence-electron chi connectivity index (χ4n) is 2.06. The molecule has 3 N–H and O–H groups in total. The van der Waals surface area contributed by atoms with E-state index in [1.807, 2.05) is 36.4 Å². The minimum atomic E-state index is 0.0694. The highest BCUT2D eigenvalue weighted by molar-refractivity contribution is 5.35. The van der Waals surface area contributed by atoms with Crippen LogP contribution in [0.25, 0.3) is 0 Å². The lowest BCUT2D eigenvalue weighted by Crippen LogP contribution is -2.14. The molecule has 0 heterocycles. The summed E-state index contributed by atoms with van der Waals surface area (Å²) in [5, 5.41) is 9.16. The molecule has 0 bridgehead atoms. The van der Waals surface area contributed by atoms with Crippen LogP contribution >= 0.6 is 0 Å². The molecule has 0 saturated carbocycles. The van der Waals surface area contributed by atoms with Gasteiger partial charge in [-0.15, -0.1) is 0 Å². The van der Waals surface area contributed by atoms with Gasteiger partial charge in [0, 0.05) is 12.5 Å². The molecular formula is C15H17NO. The first-order valence-electron chi connectivity index (χ1n) is 5.80. The lowest BCUT2D eigenvalue weighted by molar-refractivity contribution is 0.281. The summed E-state index contributed by atoms with van der Waals surface area (Å²) in [5.74, 6) is 0.197. The summed E-state index contributed by atoms with van der Waals surface area (Å²) < 4.78 is 0. The molecule has 2 aromatic rings. The first kappa shape index (κ1) is 11.8. The second-order valence-corrected chi connectivity index (χ2v) is 4.10. The van der Waals surface area contributed by atoms with Gasteiger partial charge in [-0.2, -0.15) is 0 Å². The molecule has 2 aromatic carbocycles. The molecule has 1 unspecified atom stereocenters. The van der Waals surface area contributed by atoms with Crippen molar-refractivity contribution in [1.82, 2.24) is 0 Å². The van der Waals surface area contributed by atoms with Gasteiger partial charge in [0.05, 0.1) is 6.61 Å². The van der Waals surface area contributed by atoms with Gasteiger partial charge in [0.25, 0.3) is 0 Å². The van der Waals surface area contributed by atoms with Gasteiger partial charge in [-0.25, -0.2) is 0 Å². The second kappa shape index (κ2) is 5.62. The summed E-state index contributed by atoms with van der Waals surface area (Å²) in [7, 11) is 0. The number of nitrogens with two attached hydrogens (primary N) is 1. The number of hydrogen-bond donors (Lipinski definition) is 2. The first-order chi connectivity index (χ1) is 8.35. The smallest absolute Gasteiger partial charge is 0.0681 e. The summed E-state index contributed by atoms with van der Waals surface area (Å²) in [6.45, 7) is 0.638. The maximum Gasteiger partial charge on any atom is 0.0681 e. The maximum atomic E-state index is 9.16. The minimum absolute atomic E-state index is 0.0694. The van der Waals surface area contributed by atoms with Crippen LogP contribution in [0.3, 0.4) is 0 Å². The van der Waals surface area contributed by atoms with Crippen molar-refractivity contribution >= 4 is 0 Å². The highest BCUT2D eigenvalue weighted by atomic mass is 16.3. The van der Waals surface area contributed by atoms with E-state index < -0.39 is 0 Å². The van der Waals surface area contributed by atoms with Crippen molar-refractivity contribution in [2.45, 2.75) is 12.5 Å². The van der Waals surface area contributed by atoms with Crippen LogP contribution in [-0.2, 0) is 6.61 Å². The Labute approximate surface area is 102 Å². The van der Waals surface area contributed by atoms with E-state index in [4.69, 9.17) is 10.8 Å². The molecule has 0 aromatic heterocycles. The Morgan fingerprint density at radius 1 is 0.941 bits per heavy atom. The summed E-state index contributed by atoms with van der Waals surface area (Å²) in [6.07, 6.45) is 0. The van der Waals surface area contributed by atoms with Crippen molar-refractivity contribution in [2.24, 2.45) is 5.73 Å². The van der Waals surface area contributed by atoms with Crippen LogP contribution in [0.5, 0.6) is 0 Å². The van der Waals surface area contributed by atoms with Crippen molar-refractivity contribution in [1.29, 1.82) is 0 Å². The molecular weight excluding hydrogens is 210 g/mol. The van der Waals surface area contributed by atoms with Crippen molar-refractivity contribution < 1.29 is 5.11 Å². The van der Waals surface area contributed by atoms with Crippen LogP contribution < -0.4 is 5.73 Å². The Morgan fingerprint density at radius 3 is 2.29 bits per heavy atom. The first-order valence-corrected chi connectivity index (χ1v) is 5.80. The quantitative estimate of drug-likeness (QED) is 0.841. The molecule has 2 heteroatoms. The topological polar surface area (TPSA) is 46.2 Å². The molecule has 0 saturated heterocycles. The molecule has 0 aliphatic carbocycles.